The molecule has 0 aromatic rings. The third-order valence-electron chi connectivity index (χ3n) is 9.51. The SMILES string of the molecule is CCCCCC/C=C\CCCCCCCCC1=NCC[N+]1(C)C(C)NC(=O)CCCCCCC/C=C\CCCCCC.CCOS(=O)(=O)[O-]. The number of allylic oxidation sites excluding steroid dienone is 4. The number of likely N-dealkylation sites (N-methyl/N-ethyl adjacent to an activating group) is 1. The second-order valence-electron chi connectivity index (χ2n) is 14.0. The van der Waals surface area contributed by atoms with Crippen molar-refractivity contribution in [2.45, 2.75) is 194 Å². The molecular weight excluding hydrogens is 635 g/mol. The smallest absolute Gasteiger partial charge is 0.224 e. The van der Waals surface area contributed by atoms with Gasteiger partial charge in [0.15, 0.2) is 12.0 Å². The minimum atomic E-state index is -4.42. The van der Waals surface area contributed by atoms with E-state index in [1.54, 1.807) is 0 Å². The molecule has 0 saturated carbocycles. The molecule has 8 nitrogen and oxygen atoms in total. The van der Waals surface area contributed by atoms with Gasteiger partial charge in [0, 0.05) is 19.8 Å². The summed E-state index contributed by atoms with van der Waals surface area (Å²) in [5.74, 6) is 1.51. The molecule has 1 rings (SSSR count). The van der Waals surface area contributed by atoms with Gasteiger partial charge in [-0.05, 0) is 71.1 Å². The van der Waals surface area contributed by atoms with Crippen LogP contribution in [0.2, 0.25) is 0 Å². The average Bonchev–Trinajstić information content (AvgIpc) is 3.44. The van der Waals surface area contributed by atoms with Gasteiger partial charge in [0.1, 0.15) is 6.54 Å². The van der Waals surface area contributed by atoms with Gasteiger partial charge >= 0.3 is 0 Å². The van der Waals surface area contributed by atoms with E-state index < -0.39 is 10.4 Å². The van der Waals surface area contributed by atoms with Crippen LogP contribution in [0, 0.1) is 0 Å². The van der Waals surface area contributed by atoms with Gasteiger partial charge in [0.2, 0.25) is 16.3 Å². The Balaban J connectivity index is 0.00000295. The fourth-order valence-electron chi connectivity index (χ4n) is 6.20. The van der Waals surface area contributed by atoms with E-state index in [-0.39, 0.29) is 18.7 Å². The van der Waals surface area contributed by atoms with E-state index in [0.29, 0.717) is 6.42 Å². The predicted octanol–water partition coefficient (Wildman–Crippen LogP) is 10.7. The topological polar surface area (TPSA) is 108 Å². The van der Waals surface area contributed by atoms with Crippen LogP contribution in [0.3, 0.4) is 0 Å². The lowest BCUT2D eigenvalue weighted by molar-refractivity contribution is -0.843. The second-order valence-corrected chi connectivity index (χ2v) is 15.0. The Hall–Kier alpha value is -1.55. The van der Waals surface area contributed by atoms with E-state index in [9.17, 15) is 17.8 Å². The van der Waals surface area contributed by atoms with Crippen LogP contribution in [0.4, 0.5) is 0 Å². The summed E-state index contributed by atoms with van der Waals surface area (Å²) in [5.41, 5.74) is 0. The summed E-state index contributed by atoms with van der Waals surface area (Å²) >= 11 is 0. The first-order chi connectivity index (χ1) is 23.6. The van der Waals surface area contributed by atoms with Gasteiger partial charge < -0.3 is 9.87 Å². The summed E-state index contributed by atoms with van der Waals surface area (Å²) in [5, 5.41) is 3.33. The number of unbranched alkanes of at least 4 members (excludes halogenated alkanes) is 19. The van der Waals surface area contributed by atoms with E-state index in [0.717, 1.165) is 36.8 Å². The zero-order valence-electron chi connectivity index (χ0n) is 32.5. The van der Waals surface area contributed by atoms with Gasteiger partial charge in [-0.25, -0.2) is 13.4 Å². The molecule has 1 aliphatic rings. The molecule has 2 atom stereocenters. The number of hydrogen-bond donors (Lipinski definition) is 1. The monoisotopic (exact) mass is 712 g/mol. The molecular formula is C40H77N3O5S. The standard InChI is InChI=1S/C38H71N3O.C2H6O4S/c1-5-7-9-11-13-15-17-19-21-22-24-26-28-30-32-37-39-34-35-41(37,4)36(3)40-38(42)33-31-29-27-25-23-20-18-16-14-12-10-8-6-2;1-2-6-7(3,4)5/h15-18,36H,5-14,19-35H2,1-4H3;2H2,1H3,(H,3,4,5)/b17-15-,18-16-;. The van der Waals surface area contributed by atoms with E-state index in [1.807, 2.05) is 0 Å². The van der Waals surface area contributed by atoms with Gasteiger partial charge in [-0.2, -0.15) is 0 Å². The highest BCUT2D eigenvalue weighted by atomic mass is 32.3. The number of quaternary nitrogens is 1. The first-order valence-electron chi connectivity index (χ1n) is 20.2. The van der Waals surface area contributed by atoms with Gasteiger partial charge in [0.25, 0.3) is 0 Å². The van der Waals surface area contributed by atoms with E-state index in [2.05, 4.69) is 61.6 Å². The molecule has 0 radical (unpaired) electrons. The molecule has 0 saturated heterocycles. The molecule has 0 bridgehead atoms. The Bertz CT molecular complexity index is 982. The van der Waals surface area contributed by atoms with Crippen molar-refractivity contribution in [3.8, 4) is 0 Å². The van der Waals surface area contributed by atoms with Crippen LogP contribution in [0.5, 0.6) is 0 Å². The highest BCUT2D eigenvalue weighted by Crippen LogP contribution is 2.21. The van der Waals surface area contributed by atoms with Crippen LogP contribution < -0.4 is 5.32 Å². The lowest BCUT2D eigenvalue weighted by Crippen LogP contribution is -2.60. The summed E-state index contributed by atoms with van der Waals surface area (Å²) in [4.78, 5) is 17.6. The lowest BCUT2D eigenvalue weighted by atomic mass is 10.1. The second kappa shape index (κ2) is 32.4. The summed E-state index contributed by atoms with van der Waals surface area (Å²) in [6, 6.07) is 0. The summed E-state index contributed by atoms with van der Waals surface area (Å²) in [6.45, 7) is 9.96. The molecule has 288 valence electrons. The molecule has 49 heavy (non-hydrogen) atoms. The maximum absolute atomic E-state index is 12.7. The fraction of sp³-hybridized carbons (Fsp3) is 0.850. The van der Waals surface area contributed by atoms with Crippen molar-refractivity contribution in [1.29, 1.82) is 0 Å². The van der Waals surface area contributed by atoms with E-state index in [4.69, 9.17) is 4.99 Å². The molecule has 1 heterocycles. The number of rotatable bonds is 31. The molecule has 9 heteroatoms. The third-order valence-corrected chi connectivity index (χ3v) is 10.0. The number of carbonyl (C=O) groups excluding carboxylic acids is 1. The average molecular weight is 712 g/mol. The highest BCUT2D eigenvalue weighted by Gasteiger charge is 2.39. The molecule has 1 aliphatic heterocycles. The van der Waals surface area contributed by atoms with Crippen LogP contribution in [-0.4, -0.2) is 62.1 Å². The van der Waals surface area contributed by atoms with Crippen LogP contribution >= 0.6 is 0 Å². The van der Waals surface area contributed by atoms with Crippen molar-refractivity contribution in [2.75, 3.05) is 26.7 Å². The number of hydrogen-bond acceptors (Lipinski definition) is 6. The Kier molecular flexibility index (Phi) is 31.3. The molecule has 0 spiro atoms. The zero-order chi connectivity index (χ0) is 36.5. The fourth-order valence-corrected chi connectivity index (χ4v) is 6.49. The predicted molar refractivity (Wildman–Crippen MR) is 207 cm³/mol. The number of carbonyl (C=O) groups is 1. The largest absolute Gasteiger partial charge is 0.726 e. The maximum atomic E-state index is 12.7. The van der Waals surface area contributed by atoms with Crippen molar-refractivity contribution in [1.82, 2.24) is 5.32 Å². The van der Waals surface area contributed by atoms with E-state index >= 15 is 0 Å². The Morgan fingerprint density at radius 1 is 0.755 bits per heavy atom. The number of amides is 1. The van der Waals surface area contributed by atoms with Gasteiger partial charge in [-0.15, -0.1) is 0 Å². The summed E-state index contributed by atoms with van der Waals surface area (Å²) in [7, 11) is -2.15. The molecule has 2 unspecified atom stereocenters. The minimum absolute atomic E-state index is 0.0914. The molecule has 0 aliphatic carbocycles. The zero-order valence-corrected chi connectivity index (χ0v) is 33.3. The summed E-state index contributed by atoms with van der Waals surface area (Å²) < 4.78 is 32.8. The molecule has 0 aromatic heterocycles. The van der Waals surface area contributed by atoms with Crippen LogP contribution in [0.15, 0.2) is 29.3 Å². The number of aliphatic imine (C=N–C) groups is 1. The van der Waals surface area contributed by atoms with Gasteiger partial charge in [0.05, 0.1) is 20.2 Å². The number of amidine groups is 1. The normalized spacial score (nSPS) is 17.0. The minimum Gasteiger partial charge on any atom is -0.726 e. The first-order valence-corrected chi connectivity index (χ1v) is 21.5. The third kappa shape index (κ3) is 28.8. The van der Waals surface area contributed by atoms with Gasteiger partial charge in [-0.3, -0.25) is 13.5 Å². The van der Waals surface area contributed by atoms with Crippen molar-refractivity contribution in [3.05, 3.63) is 24.3 Å². The molecule has 0 aromatic carbocycles. The van der Waals surface area contributed by atoms with Crippen molar-refractivity contribution in [3.63, 3.8) is 0 Å². The van der Waals surface area contributed by atoms with Crippen molar-refractivity contribution < 1.29 is 26.4 Å². The Morgan fingerprint density at radius 2 is 1.18 bits per heavy atom. The van der Waals surface area contributed by atoms with Crippen LogP contribution in [0.1, 0.15) is 188 Å². The summed E-state index contributed by atoms with van der Waals surface area (Å²) in [6.07, 6.45) is 41.1. The van der Waals surface area contributed by atoms with Crippen molar-refractivity contribution >= 4 is 22.1 Å². The van der Waals surface area contributed by atoms with Crippen LogP contribution in [0.25, 0.3) is 0 Å². The Labute approximate surface area is 303 Å². The molecule has 1 N–H and O–H groups in total. The number of nitrogens with one attached hydrogen (secondary N) is 1. The maximum Gasteiger partial charge on any atom is 0.224 e. The Morgan fingerprint density at radius 3 is 1.61 bits per heavy atom. The quantitative estimate of drug-likeness (QED) is 0.0253. The van der Waals surface area contributed by atoms with Crippen molar-refractivity contribution in [2.24, 2.45) is 4.99 Å². The molecule has 1 amide bonds. The highest BCUT2D eigenvalue weighted by molar-refractivity contribution is 7.80. The first kappa shape index (κ1) is 47.4. The van der Waals surface area contributed by atoms with Gasteiger partial charge in [-0.1, -0.05) is 122 Å². The lowest BCUT2D eigenvalue weighted by Gasteiger charge is -2.36. The number of nitrogens with zero attached hydrogens (tertiary/aromatic N) is 2. The molecule has 0 fully saturated rings. The van der Waals surface area contributed by atoms with Crippen LogP contribution in [-0.2, 0) is 19.4 Å². The van der Waals surface area contributed by atoms with E-state index in [1.165, 1.54) is 148 Å².